The number of hydrogen-bond donors (Lipinski definition) is 1. The number of hydrogen-bond acceptors (Lipinski definition) is 4. The highest BCUT2D eigenvalue weighted by Crippen LogP contribution is 2.18. The third-order valence-electron chi connectivity index (χ3n) is 3.95. The van der Waals surface area contributed by atoms with Crippen molar-refractivity contribution in [3.05, 3.63) is 70.5 Å². The molecule has 0 aliphatic carbocycles. The third kappa shape index (κ3) is 3.92. The monoisotopic (exact) mass is 370 g/mol. The molecule has 1 heterocycles. The molecule has 0 aliphatic heterocycles. The molecule has 3 rings (SSSR count). The Morgan fingerprint density at radius 2 is 1.85 bits per heavy atom. The zero-order valence-corrected chi connectivity index (χ0v) is 15.3. The summed E-state index contributed by atoms with van der Waals surface area (Å²) in [6, 6.07) is 14.8. The van der Waals surface area contributed by atoms with Crippen LogP contribution >= 0.6 is 11.6 Å². The predicted molar refractivity (Wildman–Crippen MR) is 101 cm³/mol. The second-order valence-electron chi connectivity index (χ2n) is 5.71. The van der Waals surface area contributed by atoms with E-state index in [4.69, 9.17) is 16.3 Å². The minimum Gasteiger partial charge on any atom is -0.378 e. The lowest BCUT2D eigenvalue weighted by Gasteiger charge is -2.08. The highest BCUT2D eigenvalue weighted by atomic mass is 35.5. The fourth-order valence-corrected chi connectivity index (χ4v) is 2.67. The first-order valence-electron chi connectivity index (χ1n) is 8.22. The second-order valence-corrected chi connectivity index (χ2v) is 6.15. The number of rotatable bonds is 6. The number of aromatic nitrogens is 3. The fraction of sp³-hybridized carbons (Fsp3) is 0.211. The van der Waals surface area contributed by atoms with Crippen molar-refractivity contribution in [1.29, 1.82) is 0 Å². The highest BCUT2D eigenvalue weighted by molar-refractivity contribution is 6.30. The molecular formula is C19H19ClN4O2. The van der Waals surface area contributed by atoms with E-state index < -0.39 is 0 Å². The van der Waals surface area contributed by atoms with Crippen LogP contribution in [-0.2, 0) is 17.8 Å². The zero-order valence-electron chi connectivity index (χ0n) is 14.6. The van der Waals surface area contributed by atoms with Crippen LogP contribution in [0.15, 0.2) is 48.5 Å². The molecule has 26 heavy (non-hydrogen) atoms. The van der Waals surface area contributed by atoms with Crippen molar-refractivity contribution in [2.75, 3.05) is 12.4 Å². The first-order chi connectivity index (χ1) is 12.6. The van der Waals surface area contributed by atoms with Crippen LogP contribution < -0.4 is 5.32 Å². The first kappa shape index (κ1) is 18.1. The van der Waals surface area contributed by atoms with E-state index in [0.29, 0.717) is 16.4 Å². The summed E-state index contributed by atoms with van der Waals surface area (Å²) in [5, 5.41) is 11.6. The van der Waals surface area contributed by atoms with Crippen molar-refractivity contribution in [3.8, 4) is 5.69 Å². The maximum atomic E-state index is 12.7. The normalized spacial score (nSPS) is 10.7. The van der Waals surface area contributed by atoms with Gasteiger partial charge in [0.25, 0.3) is 5.91 Å². The van der Waals surface area contributed by atoms with Gasteiger partial charge in [0, 0.05) is 17.8 Å². The maximum absolute atomic E-state index is 12.7. The molecule has 0 fully saturated rings. The zero-order chi connectivity index (χ0) is 18.5. The number of ether oxygens (including phenoxy) is 1. The van der Waals surface area contributed by atoms with Crippen molar-refractivity contribution in [3.63, 3.8) is 0 Å². The summed E-state index contributed by atoms with van der Waals surface area (Å²) in [5.41, 5.74) is 3.45. The predicted octanol–water partition coefficient (Wildman–Crippen LogP) is 3.88. The minimum absolute atomic E-state index is 0.202. The van der Waals surface area contributed by atoms with E-state index in [0.717, 1.165) is 12.1 Å². The minimum atomic E-state index is -0.332. The fourth-order valence-electron chi connectivity index (χ4n) is 2.55. The molecule has 6 nitrogen and oxygen atoms in total. The summed E-state index contributed by atoms with van der Waals surface area (Å²) in [4.78, 5) is 12.7. The number of anilines is 1. The first-order valence-corrected chi connectivity index (χ1v) is 8.60. The lowest BCUT2D eigenvalue weighted by molar-refractivity contribution is 0.101. The van der Waals surface area contributed by atoms with E-state index in [1.54, 1.807) is 36.1 Å². The number of carbonyl (C=O) groups excluding carboxylic acids is 1. The van der Waals surface area contributed by atoms with Gasteiger partial charge in [0.2, 0.25) is 0 Å². The van der Waals surface area contributed by atoms with Crippen LogP contribution in [0.3, 0.4) is 0 Å². The Morgan fingerprint density at radius 1 is 1.15 bits per heavy atom. The van der Waals surface area contributed by atoms with Crippen LogP contribution in [0.5, 0.6) is 0 Å². The number of halogens is 1. The van der Waals surface area contributed by atoms with E-state index in [-0.39, 0.29) is 18.2 Å². The topological polar surface area (TPSA) is 69.0 Å². The summed E-state index contributed by atoms with van der Waals surface area (Å²) in [6.07, 6.45) is 0.946. The molecule has 1 aromatic heterocycles. The molecule has 1 N–H and O–H groups in total. The molecule has 7 heteroatoms. The largest absolute Gasteiger partial charge is 0.378 e. The standard InChI is InChI=1S/C19H19ClN4O2/c1-3-13-4-8-15(9-5-13)21-19(25)18-17(12-26-2)24(23-22-18)16-10-6-14(20)7-11-16/h4-11H,3,12H2,1-2H3,(H,21,25). The maximum Gasteiger partial charge on any atom is 0.278 e. The molecule has 0 saturated heterocycles. The number of benzene rings is 2. The van der Waals surface area contributed by atoms with Gasteiger partial charge in [-0.05, 0) is 48.4 Å². The number of nitrogens with one attached hydrogen (secondary N) is 1. The van der Waals surface area contributed by atoms with Gasteiger partial charge in [-0.15, -0.1) is 5.10 Å². The van der Waals surface area contributed by atoms with Crippen LogP contribution in [0, 0.1) is 0 Å². The molecule has 0 radical (unpaired) electrons. The Hall–Kier alpha value is -2.70. The molecule has 134 valence electrons. The van der Waals surface area contributed by atoms with E-state index in [1.807, 2.05) is 24.3 Å². The highest BCUT2D eigenvalue weighted by Gasteiger charge is 2.20. The second kappa shape index (κ2) is 8.12. The van der Waals surface area contributed by atoms with Gasteiger partial charge in [0.1, 0.15) is 5.69 Å². The van der Waals surface area contributed by atoms with Gasteiger partial charge in [-0.3, -0.25) is 4.79 Å². The van der Waals surface area contributed by atoms with E-state index in [2.05, 4.69) is 22.6 Å². The quantitative estimate of drug-likeness (QED) is 0.714. The average Bonchev–Trinajstić information content (AvgIpc) is 3.07. The molecule has 0 saturated carbocycles. The van der Waals surface area contributed by atoms with Gasteiger partial charge in [-0.25, -0.2) is 4.68 Å². The molecule has 0 unspecified atom stereocenters. The van der Waals surface area contributed by atoms with Crippen molar-refractivity contribution >= 4 is 23.2 Å². The molecule has 0 aliphatic rings. The van der Waals surface area contributed by atoms with Crippen LogP contribution in [0.1, 0.15) is 28.7 Å². The number of nitrogens with zero attached hydrogens (tertiary/aromatic N) is 3. The summed E-state index contributed by atoms with van der Waals surface area (Å²) < 4.78 is 6.81. The SMILES string of the molecule is CCc1ccc(NC(=O)c2nnn(-c3ccc(Cl)cc3)c2COC)cc1. The molecule has 0 bridgehead atoms. The summed E-state index contributed by atoms with van der Waals surface area (Å²) in [7, 11) is 1.56. The molecule has 0 atom stereocenters. The lowest BCUT2D eigenvalue weighted by atomic mass is 10.1. The van der Waals surface area contributed by atoms with Gasteiger partial charge < -0.3 is 10.1 Å². The summed E-state index contributed by atoms with van der Waals surface area (Å²) in [5.74, 6) is -0.332. The number of aryl methyl sites for hydroxylation is 1. The Bertz CT molecular complexity index is 889. The average molecular weight is 371 g/mol. The van der Waals surface area contributed by atoms with Crippen LogP contribution in [0.4, 0.5) is 5.69 Å². The molecule has 0 spiro atoms. The van der Waals surface area contributed by atoms with Gasteiger partial charge in [0.15, 0.2) is 5.69 Å². The number of amides is 1. The molecular weight excluding hydrogens is 352 g/mol. The number of methoxy groups -OCH3 is 1. The summed E-state index contributed by atoms with van der Waals surface area (Å²) >= 11 is 5.93. The Labute approximate surface area is 156 Å². The van der Waals surface area contributed by atoms with Gasteiger partial charge in [-0.2, -0.15) is 0 Å². The van der Waals surface area contributed by atoms with Crippen molar-refractivity contribution in [2.45, 2.75) is 20.0 Å². The van der Waals surface area contributed by atoms with Crippen molar-refractivity contribution in [2.24, 2.45) is 0 Å². The Balaban J connectivity index is 1.88. The molecule has 1 amide bonds. The number of carbonyl (C=O) groups is 1. The van der Waals surface area contributed by atoms with Crippen LogP contribution in [0.2, 0.25) is 5.02 Å². The molecule has 3 aromatic rings. The van der Waals surface area contributed by atoms with Gasteiger partial charge >= 0.3 is 0 Å². The van der Waals surface area contributed by atoms with E-state index >= 15 is 0 Å². The van der Waals surface area contributed by atoms with Crippen LogP contribution in [-0.4, -0.2) is 28.0 Å². The molecule has 2 aromatic carbocycles. The third-order valence-corrected chi connectivity index (χ3v) is 4.20. The Kier molecular flexibility index (Phi) is 5.65. The van der Waals surface area contributed by atoms with E-state index in [9.17, 15) is 4.79 Å². The smallest absolute Gasteiger partial charge is 0.278 e. The van der Waals surface area contributed by atoms with Gasteiger partial charge in [0.05, 0.1) is 12.3 Å². The Morgan fingerprint density at radius 3 is 2.46 bits per heavy atom. The van der Waals surface area contributed by atoms with Crippen LogP contribution in [0.25, 0.3) is 5.69 Å². The van der Waals surface area contributed by atoms with Crippen molar-refractivity contribution < 1.29 is 9.53 Å². The lowest BCUT2D eigenvalue weighted by Crippen LogP contribution is -2.16. The van der Waals surface area contributed by atoms with E-state index in [1.165, 1.54) is 5.56 Å². The van der Waals surface area contributed by atoms with Gasteiger partial charge in [-0.1, -0.05) is 35.9 Å². The summed E-state index contributed by atoms with van der Waals surface area (Å²) in [6.45, 7) is 2.28. The van der Waals surface area contributed by atoms with Crippen molar-refractivity contribution in [1.82, 2.24) is 15.0 Å².